The van der Waals surface area contributed by atoms with Gasteiger partial charge in [-0.3, -0.25) is 4.79 Å². The van der Waals surface area contributed by atoms with Crippen LogP contribution in [0.3, 0.4) is 0 Å². The molecule has 0 aliphatic rings. The largest absolute Gasteiger partial charge is 0.341 e. The van der Waals surface area contributed by atoms with Crippen LogP contribution < -0.4 is 0 Å². The van der Waals surface area contributed by atoms with Crippen molar-refractivity contribution >= 4 is 12.0 Å². The van der Waals surface area contributed by atoms with Gasteiger partial charge in [-0.15, -0.1) is 4.91 Å². The number of nitroso groups, excluding NO2 is 1. The summed E-state index contributed by atoms with van der Waals surface area (Å²) >= 11 is 0. The quantitative estimate of drug-likeness (QED) is 0.463. The molecule has 130 valence electrons. The molecule has 3 rings (SSSR count). The van der Waals surface area contributed by atoms with E-state index in [2.05, 4.69) is 40.9 Å². The Bertz CT molecular complexity index is 940. The SMILES string of the molecule is CCc1ccc(/C=C/C(=O)N=O)n1Cc1ccccc1-c1ccccc1. The molecule has 0 atom stereocenters. The van der Waals surface area contributed by atoms with Gasteiger partial charge in [-0.2, -0.15) is 0 Å². The minimum atomic E-state index is -0.777. The first-order valence-electron chi connectivity index (χ1n) is 8.60. The average molecular weight is 344 g/mol. The number of carbonyl (C=O) groups excluding carboxylic acids is 1. The molecular formula is C22H20N2O2. The van der Waals surface area contributed by atoms with E-state index in [0.29, 0.717) is 6.54 Å². The average Bonchev–Trinajstić information content (AvgIpc) is 3.08. The normalized spacial score (nSPS) is 11.0. The number of hydrogen-bond acceptors (Lipinski definition) is 2. The minimum absolute atomic E-state index is 0.684. The maximum atomic E-state index is 11.2. The molecule has 0 radical (unpaired) electrons. The first kappa shape index (κ1) is 17.5. The lowest BCUT2D eigenvalue weighted by atomic mass is 9.99. The van der Waals surface area contributed by atoms with Gasteiger partial charge in [0.2, 0.25) is 0 Å². The standard InChI is InChI=1S/C22H20N2O2/c1-2-19-12-13-20(14-15-22(25)23-26)24(19)16-18-10-6-7-11-21(18)17-8-4-3-5-9-17/h3-15H,2,16H2,1H3/b15-14+. The number of carbonyl (C=O) groups is 1. The summed E-state index contributed by atoms with van der Waals surface area (Å²) < 4.78 is 2.16. The van der Waals surface area contributed by atoms with E-state index in [-0.39, 0.29) is 0 Å². The Balaban J connectivity index is 2.00. The molecule has 0 aliphatic heterocycles. The lowest BCUT2D eigenvalue weighted by Gasteiger charge is -2.15. The number of nitrogens with zero attached hydrogens (tertiary/aromatic N) is 2. The summed E-state index contributed by atoms with van der Waals surface area (Å²) in [6.07, 6.45) is 3.73. The maximum absolute atomic E-state index is 11.2. The van der Waals surface area contributed by atoms with Gasteiger partial charge in [0.15, 0.2) is 0 Å². The van der Waals surface area contributed by atoms with Crippen molar-refractivity contribution in [2.45, 2.75) is 19.9 Å². The number of aromatic nitrogens is 1. The number of rotatable bonds is 6. The first-order chi connectivity index (χ1) is 12.7. The highest BCUT2D eigenvalue weighted by molar-refractivity contribution is 5.92. The summed E-state index contributed by atoms with van der Waals surface area (Å²) in [5.41, 5.74) is 5.59. The van der Waals surface area contributed by atoms with Crippen molar-refractivity contribution in [3.63, 3.8) is 0 Å². The highest BCUT2D eigenvalue weighted by Gasteiger charge is 2.10. The molecule has 0 N–H and O–H groups in total. The van der Waals surface area contributed by atoms with Crippen molar-refractivity contribution in [2.75, 3.05) is 0 Å². The predicted octanol–water partition coefficient (Wildman–Crippen LogP) is 5.07. The Morgan fingerprint density at radius 3 is 2.46 bits per heavy atom. The van der Waals surface area contributed by atoms with Gasteiger partial charge in [0, 0.05) is 29.2 Å². The lowest BCUT2D eigenvalue weighted by molar-refractivity contribution is -0.113. The van der Waals surface area contributed by atoms with E-state index in [1.54, 1.807) is 6.08 Å². The van der Waals surface area contributed by atoms with Gasteiger partial charge in [0.05, 0.1) is 0 Å². The highest BCUT2D eigenvalue weighted by atomic mass is 16.3. The topological polar surface area (TPSA) is 51.4 Å². The van der Waals surface area contributed by atoms with Crippen LogP contribution in [0.15, 0.2) is 78.0 Å². The van der Waals surface area contributed by atoms with Crippen molar-refractivity contribution in [1.29, 1.82) is 0 Å². The molecule has 0 spiro atoms. The van der Waals surface area contributed by atoms with Crippen molar-refractivity contribution < 1.29 is 4.79 Å². The number of hydrogen-bond donors (Lipinski definition) is 0. The molecular weight excluding hydrogens is 324 g/mol. The Kier molecular flexibility index (Phi) is 5.54. The van der Waals surface area contributed by atoms with Crippen LogP contribution >= 0.6 is 0 Å². The third kappa shape index (κ3) is 3.86. The van der Waals surface area contributed by atoms with Gasteiger partial charge in [0.1, 0.15) is 0 Å². The zero-order valence-corrected chi connectivity index (χ0v) is 14.6. The Hall–Kier alpha value is -3.27. The molecule has 0 unspecified atom stereocenters. The van der Waals surface area contributed by atoms with E-state index < -0.39 is 5.91 Å². The Labute approximate surface area is 152 Å². The molecule has 0 bridgehead atoms. The molecule has 1 aromatic heterocycles. The van der Waals surface area contributed by atoms with E-state index in [1.165, 1.54) is 28.5 Å². The Morgan fingerprint density at radius 2 is 1.73 bits per heavy atom. The second-order valence-corrected chi connectivity index (χ2v) is 5.98. The van der Waals surface area contributed by atoms with E-state index in [0.717, 1.165) is 12.1 Å². The van der Waals surface area contributed by atoms with Crippen LogP contribution in [0.5, 0.6) is 0 Å². The predicted molar refractivity (Wildman–Crippen MR) is 105 cm³/mol. The third-order valence-electron chi connectivity index (χ3n) is 4.38. The van der Waals surface area contributed by atoms with E-state index in [1.807, 2.05) is 42.5 Å². The second kappa shape index (κ2) is 8.21. The van der Waals surface area contributed by atoms with Crippen molar-refractivity contribution in [2.24, 2.45) is 5.18 Å². The van der Waals surface area contributed by atoms with Crippen LogP contribution in [0, 0.1) is 4.91 Å². The molecule has 2 aromatic carbocycles. The Morgan fingerprint density at radius 1 is 1.00 bits per heavy atom. The fourth-order valence-electron chi connectivity index (χ4n) is 3.09. The van der Waals surface area contributed by atoms with Crippen LogP contribution in [-0.4, -0.2) is 10.5 Å². The van der Waals surface area contributed by atoms with Crippen LogP contribution in [-0.2, 0) is 17.8 Å². The van der Waals surface area contributed by atoms with Crippen LogP contribution in [0.1, 0.15) is 23.9 Å². The van der Waals surface area contributed by atoms with Gasteiger partial charge in [0.25, 0.3) is 0 Å². The van der Waals surface area contributed by atoms with Gasteiger partial charge in [-0.05, 0) is 41.3 Å². The third-order valence-corrected chi connectivity index (χ3v) is 4.38. The minimum Gasteiger partial charge on any atom is -0.341 e. The molecule has 0 fully saturated rings. The molecule has 4 heteroatoms. The summed E-state index contributed by atoms with van der Waals surface area (Å²) in [4.78, 5) is 21.5. The number of benzene rings is 2. The zero-order valence-electron chi connectivity index (χ0n) is 14.6. The highest BCUT2D eigenvalue weighted by Crippen LogP contribution is 2.25. The van der Waals surface area contributed by atoms with Gasteiger partial charge < -0.3 is 4.57 Å². The molecule has 26 heavy (non-hydrogen) atoms. The molecule has 1 heterocycles. The van der Waals surface area contributed by atoms with E-state index in [4.69, 9.17) is 0 Å². The molecule has 0 saturated carbocycles. The monoisotopic (exact) mass is 344 g/mol. The lowest BCUT2D eigenvalue weighted by Crippen LogP contribution is -2.07. The van der Waals surface area contributed by atoms with Crippen LogP contribution in [0.2, 0.25) is 0 Å². The second-order valence-electron chi connectivity index (χ2n) is 5.98. The maximum Gasteiger partial charge on any atom is 0.309 e. The molecule has 4 nitrogen and oxygen atoms in total. The van der Waals surface area contributed by atoms with Crippen molar-refractivity contribution in [1.82, 2.24) is 4.57 Å². The van der Waals surface area contributed by atoms with Crippen LogP contribution in [0.25, 0.3) is 17.2 Å². The van der Waals surface area contributed by atoms with E-state index in [9.17, 15) is 9.70 Å². The van der Waals surface area contributed by atoms with Gasteiger partial charge in [-0.25, -0.2) is 0 Å². The fourth-order valence-corrected chi connectivity index (χ4v) is 3.09. The number of amides is 1. The van der Waals surface area contributed by atoms with Crippen molar-refractivity contribution in [3.8, 4) is 11.1 Å². The van der Waals surface area contributed by atoms with E-state index >= 15 is 0 Å². The smallest absolute Gasteiger partial charge is 0.309 e. The molecule has 0 aliphatic carbocycles. The zero-order chi connectivity index (χ0) is 18.4. The van der Waals surface area contributed by atoms with Gasteiger partial charge in [-0.1, -0.05) is 61.5 Å². The first-order valence-corrected chi connectivity index (χ1v) is 8.60. The van der Waals surface area contributed by atoms with Crippen molar-refractivity contribution in [3.05, 3.63) is 94.7 Å². The van der Waals surface area contributed by atoms with Crippen LogP contribution in [0.4, 0.5) is 0 Å². The summed E-state index contributed by atoms with van der Waals surface area (Å²) in [5, 5.41) is 2.41. The molecule has 1 amide bonds. The fraction of sp³-hybridized carbons (Fsp3) is 0.136. The summed E-state index contributed by atoms with van der Waals surface area (Å²) in [6.45, 7) is 2.78. The summed E-state index contributed by atoms with van der Waals surface area (Å²) in [7, 11) is 0. The summed E-state index contributed by atoms with van der Waals surface area (Å²) in [6, 6.07) is 22.6. The molecule has 3 aromatic rings. The molecule has 0 saturated heterocycles. The number of aryl methyl sites for hydroxylation is 1. The van der Waals surface area contributed by atoms with Gasteiger partial charge >= 0.3 is 5.91 Å². The summed E-state index contributed by atoms with van der Waals surface area (Å²) in [5.74, 6) is -0.777.